The molecule has 0 aromatic carbocycles. The van der Waals surface area contributed by atoms with Gasteiger partial charge in [-0.25, -0.2) is 0 Å². The average molecular weight is 231 g/mol. The first-order chi connectivity index (χ1) is 7.77. The van der Waals surface area contributed by atoms with Crippen LogP contribution < -0.4 is 5.32 Å². The summed E-state index contributed by atoms with van der Waals surface area (Å²) in [6.07, 6.45) is 4.84. The summed E-state index contributed by atoms with van der Waals surface area (Å²) in [5, 5.41) is 3.05. The molecular weight excluding hydrogens is 218 g/mol. The molecule has 0 aliphatic heterocycles. The Morgan fingerprint density at radius 3 is 2.88 bits per heavy atom. The van der Waals surface area contributed by atoms with Crippen LogP contribution in [0.15, 0.2) is 54.8 Å². The largest absolute Gasteiger partial charge is 0.369 e. The van der Waals surface area contributed by atoms with Gasteiger partial charge in [-0.3, -0.25) is 9.98 Å². The van der Waals surface area contributed by atoms with E-state index in [-0.39, 0.29) is 0 Å². The van der Waals surface area contributed by atoms with Crippen LogP contribution in [-0.4, -0.2) is 22.2 Å². The van der Waals surface area contributed by atoms with E-state index < -0.39 is 0 Å². The molecule has 1 aromatic rings. The second kappa shape index (κ2) is 6.63. The molecule has 0 fully saturated rings. The Labute approximate surface area is 101 Å². The second-order valence-corrected chi connectivity index (χ2v) is 3.31. The molecule has 0 aliphatic rings. The summed E-state index contributed by atoms with van der Waals surface area (Å²) in [7, 11) is 0. The van der Waals surface area contributed by atoms with Crippen LogP contribution in [0.1, 0.15) is 5.69 Å². The van der Waals surface area contributed by atoms with E-state index in [4.69, 9.17) is 12.2 Å². The van der Waals surface area contributed by atoms with E-state index in [1.165, 1.54) is 6.20 Å². The van der Waals surface area contributed by atoms with Gasteiger partial charge in [0.25, 0.3) is 0 Å². The average Bonchev–Trinajstić information content (AvgIpc) is 2.35. The molecule has 1 N–H and O–H groups in total. The van der Waals surface area contributed by atoms with Crippen molar-refractivity contribution in [3.05, 3.63) is 55.5 Å². The number of hydrogen-bond acceptors (Lipinski definition) is 3. The van der Waals surface area contributed by atoms with E-state index >= 15 is 0 Å². The molecule has 0 saturated carbocycles. The van der Waals surface area contributed by atoms with E-state index in [2.05, 4.69) is 28.5 Å². The Balaban J connectivity index is 2.56. The predicted molar refractivity (Wildman–Crippen MR) is 71.8 cm³/mol. The van der Waals surface area contributed by atoms with E-state index in [0.29, 0.717) is 11.5 Å². The van der Waals surface area contributed by atoms with Crippen molar-refractivity contribution >= 4 is 22.9 Å². The maximum absolute atomic E-state index is 5.18. The van der Waals surface area contributed by atoms with Crippen LogP contribution in [0, 0.1) is 0 Å². The third-order valence-electron chi connectivity index (χ3n) is 1.82. The zero-order valence-electron chi connectivity index (χ0n) is 8.89. The van der Waals surface area contributed by atoms with E-state index in [9.17, 15) is 0 Å². The molecule has 1 aromatic heterocycles. The third-order valence-corrected chi connectivity index (χ3v) is 2.17. The molecule has 3 nitrogen and oxygen atoms in total. The fraction of sp³-hybridized carbons (Fsp3) is 0.0833. The van der Waals surface area contributed by atoms with E-state index in [1.807, 2.05) is 18.2 Å². The molecule has 0 bridgehead atoms. The third kappa shape index (κ3) is 3.74. The van der Waals surface area contributed by atoms with Crippen molar-refractivity contribution in [1.82, 2.24) is 10.3 Å². The van der Waals surface area contributed by atoms with Gasteiger partial charge < -0.3 is 5.32 Å². The smallest absolute Gasteiger partial charge is 0.125 e. The number of aromatic nitrogens is 1. The Bertz CT molecular complexity index is 410. The first-order valence-corrected chi connectivity index (χ1v) is 5.18. The summed E-state index contributed by atoms with van der Waals surface area (Å²) in [5.74, 6) is 0. The zero-order chi connectivity index (χ0) is 11.8. The summed E-state index contributed by atoms with van der Waals surface area (Å²) in [6, 6.07) is 5.59. The highest BCUT2D eigenvalue weighted by molar-refractivity contribution is 7.80. The SMILES string of the molecule is C=CN=C(C=C)CNC(=S)c1ccccn1. The maximum Gasteiger partial charge on any atom is 0.125 e. The van der Waals surface area contributed by atoms with Gasteiger partial charge in [-0.1, -0.05) is 31.4 Å². The highest BCUT2D eigenvalue weighted by Gasteiger charge is 2.01. The normalized spacial score (nSPS) is 10.6. The van der Waals surface area contributed by atoms with Gasteiger partial charge in [0, 0.05) is 12.4 Å². The maximum atomic E-state index is 5.18. The minimum absolute atomic E-state index is 0.519. The summed E-state index contributed by atoms with van der Waals surface area (Å²) in [4.78, 5) is 8.76. The first-order valence-electron chi connectivity index (χ1n) is 4.77. The van der Waals surface area contributed by atoms with Crippen molar-refractivity contribution in [2.24, 2.45) is 4.99 Å². The lowest BCUT2D eigenvalue weighted by Crippen LogP contribution is -2.28. The molecule has 16 heavy (non-hydrogen) atoms. The molecule has 0 amide bonds. The molecule has 0 aliphatic carbocycles. The van der Waals surface area contributed by atoms with Crippen LogP contribution in [0.5, 0.6) is 0 Å². The number of nitrogens with zero attached hydrogens (tertiary/aromatic N) is 2. The van der Waals surface area contributed by atoms with Gasteiger partial charge in [-0.2, -0.15) is 0 Å². The zero-order valence-corrected chi connectivity index (χ0v) is 9.70. The van der Waals surface area contributed by atoms with Crippen LogP contribution in [0.2, 0.25) is 0 Å². The fourth-order valence-electron chi connectivity index (χ4n) is 1.05. The van der Waals surface area contributed by atoms with Crippen molar-refractivity contribution in [1.29, 1.82) is 0 Å². The summed E-state index contributed by atoms with van der Waals surface area (Å²) < 4.78 is 0. The molecule has 0 unspecified atom stereocenters. The molecule has 1 rings (SSSR count). The molecule has 0 spiro atoms. The van der Waals surface area contributed by atoms with E-state index in [1.54, 1.807) is 12.3 Å². The van der Waals surface area contributed by atoms with Crippen LogP contribution in [0.3, 0.4) is 0 Å². The standard InChI is InChI=1S/C12H13N3S/c1-3-10(13-4-2)9-15-12(16)11-7-5-6-8-14-11/h3-8H,1-2,9H2,(H,15,16). The number of hydrogen-bond donors (Lipinski definition) is 1. The van der Waals surface area contributed by atoms with Crippen LogP contribution in [0.25, 0.3) is 0 Å². The van der Waals surface area contributed by atoms with Crippen molar-refractivity contribution in [2.75, 3.05) is 6.54 Å². The van der Waals surface area contributed by atoms with Gasteiger partial charge in [0.1, 0.15) is 4.99 Å². The lowest BCUT2D eigenvalue weighted by atomic mass is 10.3. The van der Waals surface area contributed by atoms with Gasteiger partial charge in [0.2, 0.25) is 0 Å². The van der Waals surface area contributed by atoms with Gasteiger partial charge in [-0.15, -0.1) is 0 Å². The van der Waals surface area contributed by atoms with Crippen molar-refractivity contribution in [2.45, 2.75) is 0 Å². The lowest BCUT2D eigenvalue weighted by molar-refractivity contribution is 1.08. The number of aliphatic imine (C=N–C) groups is 1. The van der Waals surface area contributed by atoms with Gasteiger partial charge in [0.15, 0.2) is 0 Å². The topological polar surface area (TPSA) is 37.3 Å². The Hall–Kier alpha value is -1.81. The number of rotatable bonds is 5. The summed E-state index contributed by atoms with van der Waals surface area (Å²) >= 11 is 5.18. The quantitative estimate of drug-likeness (QED) is 0.623. The minimum atomic E-state index is 0.519. The van der Waals surface area contributed by atoms with Crippen LogP contribution in [-0.2, 0) is 0 Å². The monoisotopic (exact) mass is 231 g/mol. The lowest BCUT2D eigenvalue weighted by Gasteiger charge is -2.06. The molecule has 0 saturated heterocycles. The highest BCUT2D eigenvalue weighted by atomic mass is 32.1. The molecule has 82 valence electrons. The molecule has 4 heteroatoms. The Morgan fingerprint density at radius 1 is 1.50 bits per heavy atom. The fourth-order valence-corrected chi connectivity index (χ4v) is 1.24. The molecule has 0 atom stereocenters. The minimum Gasteiger partial charge on any atom is -0.369 e. The van der Waals surface area contributed by atoms with Crippen molar-refractivity contribution in [3.63, 3.8) is 0 Å². The molecular formula is C12H13N3S. The highest BCUT2D eigenvalue weighted by Crippen LogP contribution is 1.94. The Kier molecular flexibility index (Phi) is 5.08. The molecule has 0 radical (unpaired) electrons. The first kappa shape index (κ1) is 12.3. The van der Waals surface area contributed by atoms with Crippen molar-refractivity contribution < 1.29 is 0 Å². The Morgan fingerprint density at radius 2 is 2.31 bits per heavy atom. The van der Waals surface area contributed by atoms with Gasteiger partial charge in [0.05, 0.1) is 18.0 Å². The number of pyridine rings is 1. The van der Waals surface area contributed by atoms with Crippen LogP contribution >= 0.6 is 12.2 Å². The van der Waals surface area contributed by atoms with E-state index in [0.717, 1.165) is 11.4 Å². The summed E-state index contributed by atoms with van der Waals surface area (Å²) in [6.45, 7) is 7.70. The number of nitrogens with one attached hydrogen (secondary N) is 1. The van der Waals surface area contributed by atoms with Crippen LogP contribution in [0.4, 0.5) is 0 Å². The van der Waals surface area contributed by atoms with Gasteiger partial charge >= 0.3 is 0 Å². The van der Waals surface area contributed by atoms with Crippen molar-refractivity contribution in [3.8, 4) is 0 Å². The predicted octanol–water partition coefficient (Wildman–Crippen LogP) is 2.12. The van der Waals surface area contributed by atoms with Gasteiger partial charge in [-0.05, 0) is 18.2 Å². The molecule has 1 heterocycles. The second-order valence-electron chi connectivity index (χ2n) is 2.90. The number of thiocarbonyl (C=S) groups is 1. The summed E-state index contributed by atoms with van der Waals surface area (Å²) in [5.41, 5.74) is 1.53.